The van der Waals surface area contributed by atoms with Crippen molar-refractivity contribution in [2.24, 2.45) is 0 Å². The van der Waals surface area contributed by atoms with E-state index in [1.807, 2.05) is 0 Å². The summed E-state index contributed by atoms with van der Waals surface area (Å²) in [5.74, 6) is 0.373. The van der Waals surface area contributed by atoms with E-state index < -0.39 is 4.92 Å². The number of nitrogen functional groups attached to an aromatic ring is 2. The van der Waals surface area contributed by atoms with E-state index in [0.717, 1.165) is 12.8 Å². The minimum atomic E-state index is -0.462. The predicted molar refractivity (Wildman–Crippen MR) is 51.7 cm³/mol. The van der Waals surface area contributed by atoms with Gasteiger partial charge in [0.2, 0.25) is 0 Å². The SMILES string of the molecule is Nc1ncc([N+](=O)[O-])c(C2CC2)c1N. The Kier molecular flexibility index (Phi) is 1.77. The normalized spacial score (nSPS) is 15.4. The Morgan fingerprint density at radius 2 is 2.14 bits per heavy atom. The molecule has 6 heteroatoms. The second-order valence-electron chi connectivity index (χ2n) is 3.39. The fourth-order valence-corrected chi connectivity index (χ4v) is 1.49. The molecular weight excluding hydrogens is 184 g/mol. The van der Waals surface area contributed by atoms with Crippen molar-refractivity contribution in [1.82, 2.24) is 4.98 Å². The van der Waals surface area contributed by atoms with Gasteiger partial charge in [-0.1, -0.05) is 0 Å². The molecule has 4 N–H and O–H groups in total. The van der Waals surface area contributed by atoms with Crippen LogP contribution in [-0.2, 0) is 0 Å². The summed E-state index contributed by atoms with van der Waals surface area (Å²) >= 11 is 0. The molecule has 74 valence electrons. The lowest BCUT2D eigenvalue weighted by Crippen LogP contribution is -2.05. The van der Waals surface area contributed by atoms with Crippen LogP contribution in [0.5, 0.6) is 0 Å². The van der Waals surface area contributed by atoms with Gasteiger partial charge in [0.05, 0.1) is 16.2 Å². The van der Waals surface area contributed by atoms with Crippen molar-refractivity contribution >= 4 is 17.2 Å². The maximum atomic E-state index is 10.7. The molecule has 2 rings (SSSR count). The highest BCUT2D eigenvalue weighted by Gasteiger charge is 2.33. The van der Waals surface area contributed by atoms with E-state index in [-0.39, 0.29) is 23.1 Å². The molecule has 0 bridgehead atoms. The number of anilines is 2. The van der Waals surface area contributed by atoms with Gasteiger partial charge in [-0.15, -0.1) is 0 Å². The summed E-state index contributed by atoms with van der Waals surface area (Å²) in [6, 6.07) is 0. The van der Waals surface area contributed by atoms with Crippen LogP contribution in [0, 0.1) is 10.1 Å². The molecule has 1 aliphatic rings. The Balaban J connectivity index is 2.59. The molecule has 0 radical (unpaired) electrons. The molecule has 14 heavy (non-hydrogen) atoms. The van der Waals surface area contributed by atoms with Crippen LogP contribution in [0.1, 0.15) is 24.3 Å². The van der Waals surface area contributed by atoms with Gasteiger partial charge in [-0.2, -0.15) is 0 Å². The molecular formula is C8H10N4O2. The lowest BCUT2D eigenvalue weighted by molar-refractivity contribution is -0.385. The fourth-order valence-electron chi connectivity index (χ4n) is 1.49. The summed E-state index contributed by atoms with van der Waals surface area (Å²) in [6.07, 6.45) is 3.06. The maximum Gasteiger partial charge on any atom is 0.293 e. The highest BCUT2D eigenvalue weighted by atomic mass is 16.6. The molecule has 1 aromatic heterocycles. The number of nitrogens with zero attached hydrogens (tertiary/aromatic N) is 2. The van der Waals surface area contributed by atoms with Crippen molar-refractivity contribution in [2.75, 3.05) is 11.5 Å². The van der Waals surface area contributed by atoms with Crippen LogP contribution in [0.2, 0.25) is 0 Å². The summed E-state index contributed by atoms with van der Waals surface area (Å²) in [4.78, 5) is 13.9. The third kappa shape index (κ3) is 1.24. The van der Waals surface area contributed by atoms with Crippen molar-refractivity contribution in [3.8, 4) is 0 Å². The number of aromatic nitrogens is 1. The third-order valence-electron chi connectivity index (χ3n) is 2.35. The molecule has 1 saturated carbocycles. The Bertz CT molecular complexity index is 401. The van der Waals surface area contributed by atoms with Crippen LogP contribution < -0.4 is 11.5 Å². The summed E-state index contributed by atoms with van der Waals surface area (Å²) in [6.45, 7) is 0. The molecule has 0 amide bonds. The molecule has 1 fully saturated rings. The third-order valence-corrected chi connectivity index (χ3v) is 2.35. The number of nitro groups is 1. The zero-order valence-electron chi connectivity index (χ0n) is 7.43. The second-order valence-corrected chi connectivity index (χ2v) is 3.39. The number of nitrogens with two attached hydrogens (primary N) is 2. The number of hydrogen-bond acceptors (Lipinski definition) is 5. The first-order valence-corrected chi connectivity index (χ1v) is 4.29. The Hall–Kier alpha value is -1.85. The fraction of sp³-hybridized carbons (Fsp3) is 0.375. The average Bonchev–Trinajstić information content (AvgIpc) is 2.92. The quantitative estimate of drug-likeness (QED) is 0.540. The van der Waals surface area contributed by atoms with E-state index in [0.29, 0.717) is 5.56 Å². The molecule has 6 nitrogen and oxygen atoms in total. The van der Waals surface area contributed by atoms with Crippen LogP contribution in [0.4, 0.5) is 17.2 Å². The zero-order valence-corrected chi connectivity index (χ0v) is 7.43. The zero-order chi connectivity index (χ0) is 10.3. The average molecular weight is 194 g/mol. The standard InChI is InChI=1S/C8H10N4O2/c9-7-6(4-1-2-4)5(12(13)14)3-11-8(7)10/h3-4H,1-2,9H2,(H2,10,11). The lowest BCUT2D eigenvalue weighted by atomic mass is 10.1. The molecule has 0 aromatic carbocycles. The van der Waals surface area contributed by atoms with Crippen LogP contribution in [0.25, 0.3) is 0 Å². The van der Waals surface area contributed by atoms with Gasteiger partial charge in [0.25, 0.3) is 5.69 Å². The van der Waals surface area contributed by atoms with E-state index in [9.17, 15) is 10.1 Å². The number of pyridine rings is 1. The molecule has 0 spiro atoms. The molecule has 1 aliphatic carbocycles. The van der Waals surface area contributed by atoms with Gasteiger partial charge >= 0.3 is 0 Å². The minimum absolute atomic E-state index is 0.0146. The monoisotopic (exact) mass is 194 g/mol. The molecule has 0 atom stereocenters. The van der Waals surface area contributed by atoms with E-state index >= 15 is 0 Å². The Labute approximate surface area is 80.1 Å². The first kappa shape index (κ1) is 8.74. The number of rotatable bonds is 2. The second kappa shape index (κ2) is 2.83. The van der Waals surface area contributed by atoms with Crippen LogP contribution in [0.3, 0.4) is 0 Å². The Morgan fingerprint density at radius 3 is 2.64 bits per heavy atom. The summed E-state index contributed by atoms with van der Waals surface area (Å²) in [7, 11) is 0. The van der Waals surface area contributed by atoms with Gasteiger partial charge in [0, 0.05) is 0 Å². The first-order valence-electron chi connectivity index (χ1n) is 4.29. The van der Waals surface area contributed by atoms with E-state index in [1.54, 1.807) is 0 Å². The Morgan fingerprint density at radius 1 is 1.50 bits per heavy atom. The highest BCUT2D eigenvalue weighted by molar-refractivity contribution is 5.70. The van der Waals surface area contributed by atoms with Gasteiger partial charge in [0.15, 0.2) is 0 Å². The van der Waals surface area contributed by atoms with Gasteiger partial charge in [-0.25, -0.2) is 4.98 Å². The van der Waals surface area contributed by atoms with Crippen LogP contribution >= 0.6 is 0 Å². The van der Waals surface area contributed by atoms with Gasteiger partial charge in [0.1, 0.15) is 12.0 Å². The largest absolute Gasteiger partial charge is 0.395 e. The molecule has 0 aliphatic heterocycles. The van der Waals surface area contributed by atoms with Crippen molar-refractivity contribution < 1.29 is 4.92 Å². The van der Waals surface area contributed by atoms with E-state index in [2.05, 4.69) is 4.98 Å². The van der Waals surface area contributed by atoms with Gasteiger partial charge in [-0.05, 0) is 18.8 Å². The highest BCUT2D eigenvalue weighted by Crippen LogP contribution is 2.47. The van der Waals surface area contributed by atoms with E-state index in [4.69, 9.17) is 11.5 Å². The van der Waals surface area contributed by atoms with Gasteiger partial charge in [-0.3, -0.25) is 10.1 Å². The lowest BCUT2D eigenvalue weighted by Gasteiger charge is -2.06. The molecule has 1 aromatic rings. The minimum Gasteiger partial charge on any atom is -0.395 e. The van der Waals surface area contributed by atoms with Crippen molar-refractivity contribution in [3.05, 3.63) is 21.9 Å². The number of hydrogen-bond donors (Lipinski definition) is 2. The molecule has 0 unspecified atom stereocenters. The maximum absolute atomic E-state index is 10.7. The predicted octanol–water partition coefficient (Wildman–Crippen LogP) is 1.03. The summed E-state index contributed by atoms with van der Waals surface area (Å²) in [5.41, 5.74) is 12.0. The van der Waals surface area contributed by atoms with Crippen molar-refractivity contribution in [1.29, 1.82) is 0 Å². The van der Waals surface area contributed by atoms with Crippen molar-refractivity contribution in [2.45, 2.75) is 18.8 Å². The van der Waals surface area contributed by atoms with Gasteiger partial charge < -0.3 is 11.5 Å². The molecule has 0 saturated heterocycles. The first-order chi connectivity index (χ1) is 6.61. The van der Waals surface area contributed by atoms with Crippen LogP contribution in [0.15, 0.2) is 6.20 Å². The van der Waals surface area contributed by atoms with E-state index in [1.165, 1.54) is 6.20 Å². The molecule has 1 heterocycles. The topological polar surface area (TPSA) is 108 Å². The summed E-state index contributed by atoms with van der Waals surface area (Å²) in [5, 5.41) is 10.7. The van der Waals surface area contributed by atoms with Crippen LogP contribution in [-0.4, -0.2) is 9.91 Å². The smallest absolute Gasteiger partial charge is 0.293 e. The van der Waals surface area contributed by atoms with Crippen molar-refractivity contribution in [3.63, 3.8) is 0 Å². The summed E-state index contributed by atoms with van der Waals surface area (Å²) < 4.78 is 0.